The summed E-state index contributed by atoms with van der Waals surface area (Å²) in [7, 11) is 0. The number of nitrogens with zero attached hydrogens (tertiary/aromatic N) is 1. The summed E-state index contributed by atoms with van der Waals surface area (Å²) >= 11 is -1.79. The average molecular weight is 322 g/mol. The molecule has 1 N–H and O–H groups in total. The number of hydrogen-bond acceptors (Lipinski definition) is 3. The molecule has 2 rings (SSSR count). The van der Waals surface area contributed by atoms with E-state index in [0.29, 0.717) is 6.04 Å². The van der Waals surface area contributed by atoms with E-state index in [1.807, 2.05) is 18.2 Å². The Morgan fingerprint density at radius 1 is 1.41 bits per heavy atom. The van der Waals surface area contributed by atoms with E-state index in [1.165, 1.54) is 5.69 Å². The smallest absolute Gasteiger partial charge is 0.147 e. The van der Waals surface area contributed by atoms with Crippen molar-refractivity contribution in [1.29, 1.82) is 0 Å². The van der Waals surface area contributed by atoms with E-state index in [2.05, 4.69) is 30.1 Å². The molecule has 0 saturated heterocycles. The molecule has 0 spiro atoms. The Hall–Kier alpha value is -0.411. The zero-order valence-electron chi connectivity index (χ0n) is 10.2. The van der Waals surface area contributed by atoms with Crippen LogP contribution in [0.15, 0.2) is 24.3 Å². The van der Waals surface area contributed by atoms with Gasteiger partial charge < -0.3 is 0 Å². The molecule has 1 aliphatic rings. The molecule has 0 aromatic heterocycles. The van der Waals surface area contributed by atoms with Crippen LogP contribution in [0.3, 0.4) is 0 Å². The molecule has 5 heteroatoms. The summed E-state index contributed by atoms with van der Waals surface area (Å²) in [6.45, 7) is 6.17. The maximum absolute atomic E-state index is 11.9. The van der Waals surface area contributed by atoms with Crippen molar-refractivity contribution in [1.82, 2.24) is 5.32 Å². The first kappa shape index (κ1) is 14.6. The number of nitrogens with one attached hydrogen (secondary N) is 1. The predicted octanol–water partition coefficient (Wildman–Crippen LogP) is 1.09. The molecule has 1 atom stereocenters. The van der Waals surface area contributed by atoms with E-state index in [1.54, 1.807) is 0 Å². The Morgan fingerprint density at radius 2 is 2.12 bits per heavy atom. The summed E-state index contributed by atoms with van der Waals surface area (Å²) in [5.41, 5.74) is 1.91. The molecule has 3 nitrogen and oxygen atoms in total. The summed E-state index contributed by atoms with van der Waals surface area (Å²) in [5, 5.41) is 3.39. The number of hydrogen-bond donors (Lipinski definition) is 1. The Balaban J connectivity index is 0.00000144. The molecule has 1 aliphatic heterocycles. The van der Waals surface area contributed by atoms with E-state index >= 15 is 0 Å². The Kier molecular flexibility index (Phi) is 5.60. The normalized spacial score (nSPS) is 18.1. The zero-order chi connectivity index (χ0) is 11.5. The molecule has 0 radical (unpaired) electrons. The van der Waals surface area contributed by atoms with Gasteiger partial charge in [-0.25, -0.2) is 0 Å². The predicted molar refractivity (Wildman–Crippen MR) is 75.1 cm³/mol. The number of benzene rings is 1. The van der Waals surface area contributed by atoms with Gasteiger partial charge in [0.25, 0.3) is 0 Å². The van der Waals surface area contributed by atoms with Crippen LogP contribution >= 0.6 is 12.4 Å². The maximum atomic E-state index is 11.9. The summed E-state index contributed by atoms with van der Waals surface area (Å²) in [4.78, 5) is 2.24. The van der Waals surface area contributed by atoms with Crippen LogP contribution in [0.1, 0.15) is 13.8 Å². The molecule has 0 bridgehead atoms. The fourth-order valence-electron chi connectivity index (χ4n) is 1.86. The van der Waals surface area contributed by atoms with Crippen LogP contribution in [0.4, 0.5) is 5.69 Å². The van der Waals surface area contributed by atoms with Crippen LogP contribution in [-0.2, 0) is 3.83 Å². The van der Waals surface area contributed by atoms with Crippen molar-refractivity contribution in [3.05, 3.63) is 24.3 Å². The van der Waals surface area contributed by atoms with Gasteiger partial charge in [-0.05, 0) is 0 Å². The summed E-state index contributed by atoms with van der Waals surface area (Å²) < 4.78 is 13.0. The third-order valence-electron chi connectivity index (χ3n) is 2.66. The second-order valence-corrected chi connectivity index (χ2v) is 7.23. The van der Waals surface area contributed by atoms with Crippen molar-refractivity contribution >= 4 is 36.4 Å². The molecule has 96 valence electrons. The molecule has 0 amide bonds. The van der Waals surface area contributed by atoms with Gasteiger partial charge >= 0.3 is 101 Å². The number of rotatable bonds is 4. The first-order chi connectivity index (χ1) is 7.68. The molecular weight excluding hydrogens is 303 g/mol. The summed E-state index contributed by atoms with van der Waals surface area (Å²) in [5.74, 6) is 0. The Bertz CT molecular complexity index is 398. The standard InChI is InChI=1S/C12H18N2OSe.ClH/c1-10(2)13-7-8-14-9-16(15)12-6-4-3-5-11(12)14;/h3-6,10,13H,7-9H2,1-2H3;1H. The zero-order valence-corrected chi connectivity index (χ0v) is 12.7. The molecule has 1 aromatic carbocycles. The summed E-state index contributed by atoms with van der Waals surface area (Å²) in [6.07, 6.45) is 0. The number of fused-ring (bicyclic) bond motifs is 1. The minimum atomic E-state index is -1.79. The molecule has 0 aliphatic carbocycles. The molecular formula is C12H19ClN2OSe. The van der Waals surface area contributed by atoms with Crippen LogP contribution in [0.2, 0.25) is 0 Å². The van der Waals surface area contributed by atoms with Crippen molar-refractivity contribution in [3.8, 4) is 0 Å². The van der Waals surface area contributed by atoms with Crippen molar-refractivity contribution in [3.63, 3.8) is 0 Å². The minimum absolute atomic E-state index is 0. The van der Waals surface area contributed by atoms with Gasteiger partial charge in [-0.1, -0.05) is 0 Å². The Morgan fingerprint density at radius 3 is 2.82 bits per heavy atom. The largest absolute Gasteiger partial charge is 0.147 e. The van der Waals surface area contributed by atoms with Crippen LogP contribution in [0, 0.1) is 0 Å². The summed E-state index contributed by atoms with van der Waals surface area (Å²) in [6, 6.07) is 8.58. The monoisotopic (exact) mass is 322 g/mol. The van der Waals surface area contributed by atoms with Gasteiger partial charge in [0.05, 0.1) is 0 Å². The quantitative estimate of drug-likeness (QED) is 0.843. The first-order valence-electron chi connectivity index (χ1n) is 5.64. The SMILES string of the molecule is CC(C)NCCN1C[Se](=O)c2ccccc21.Cl. The number of anilines is 1. The third-order valence-corrected chi connectivity index (χ3v) is 5.56. The topological polar surface area (TPSA) is 32.3 Å². The number of halogens is 1. The van der Waals surface area contributed by atoms with E-state index in [0.717, 1.165) is 23.0 Å². The Labute approximate surface area is 113 Å². The van der Waals surface area contributed by atoms with Gasteiger partial charge in [0.1, 0.15) is 0 Å². The third kappa shape index (κ3) is 3.52. The van der Waals surface area contributed by atoms with Crippen LogP contribution in [0.25, 0.3) is 0 Å². The van der Waals surface area contributed by atoms with Crippen LogP contribution < -0.4 is 14.7 Å². The van der Waals surface area contributed by atoms with Crippen molar-refractivity contribution in [2.24, 2.45) is 0 Å². The van der Waals surface area contributed by atoms with E-state index in [-0.39, 0.29) is 12.4 Å². The first-order valence-corrected chi connectivity index (χ1v) is 8.41. The van der Waals surface area contributed by atoms with Gasteiger partial charge in [-0.3, -0.25) is 0 Å². The van der Waals surface area contributed by atoms with Gasteiger partial charge in [-0.2, -0.15) is 0 Å². The van der Waals surface area contributed by atoms with Crippen LogP contribution in [-0.4, -0.2) is 38.4 Å². The van der Waals surface area contributed by atoms with Gasteiger partial charge in [0.15, 0.2) is 0 Å². The molecule has 0 saturated carbocycles. The molecule has 1 unspecified atom stereocenters. The second kappa shape index (κ2) is 6.50. The molecule has 17 heavy (non-hydrogen) atoms. The number of para-hydroxylation sites is 1. The van der Waals surface area contributed by atoms with Gasteiger partial charge in [-0.15, -0.1) is 12.4 Å². The average Bonchev–Trinajstić information content (AvgIpc) is 2.57. The van der Waals surface area contributed by atoms with E-state index in [4.69, 9.17) is 0 Å². The molecule has 1 aromatic rings. The van der Waals surface area contributed by atoms with E-state index < -0.39 is 13.8 Å². The molecule has 0 fully saturated rings. The van der Waals surface area contributed by atoms with Gasteiger partial charge in [0, 0.05) is 0 Å². The van der Waals surface area contributed by atoms with E-state index in [9.17, 15) is 3.83 Å². The molecule has 1 heterocycles. The fourth-order valence-corrected chi connectivity index (χ4v) is 4.70. The minimum Gasteiger partial charge on any atom is -0.147 e. The van der Waals surface area contributed by atoms with Crippen molar-refractivity contribution < 1.29 is 3.83 Å². The van der Waals surface area contributed by atoms with Crippen molar-refractivity contribution in [2.45, 2.75) is 19.9 Å². The maximum Gasteiger partial charge on any atom is -0.147 e. The van der Waals surface area contributed by atoms with Gasteiger partial charge in [0.2, 0.25) is 0 Å². The van der Waals surface area contributed by atoms with Crippen molar-refractivity contribution in [2.75, 3.05) is 23.4 Å². The van der Waals surface area contributed by atoms with Crippen LogP contribution in [0.5, 0.6) is 0 Å². The second-order valence-electron chi connectivity index (χ2n) is 4.31. The fraction of sp³-hybridized carbons (Fsp3) is 0.500.